The number of hydrogen-bond acceptors (Lipinski definition) is 3. The SMILES string of the molecule is COc1ccc(F)cc1C1(C)C=Nc2ccccc2C1CC(CCCNC=O)C(F)(F)F. The summed E-state index contributed by atoms with van der Waals surface area (Å²) < 4.78 is 61.7. The highest BCUT2D eigenvalue weighted by Gasteiger charge is 2.47. The molecule has 1 aliphatic rings. The normalized spacial score (nSPS) is 21.0. The van der Waals surface area contributed by atoms with Crippen LogP contribution in [0.5, 0.6) is 5.75 Å². The van der Waals surface area contributed by atoms with E-state index in [4.69, 9.17) is 4.74 Å². The summed E-state index contributed by atoms with van der Waals surface area (Å²) in [6.07, 6.45) is -2.47. The highest BCUT2D eigenvalue weighted by Crippen LogP contribution is 2.52. The Morgan fingerprint density at radius 2 is 2.00 bits per heavy atom. The molecule has 8 heteroatoms. The number of alkyl halides is 3. The Morgan fingerprint density at radius 1 is 1.25 bits per heavy atom. The largest absolute Gasteiger partial charge is 0.496 e. The molecule has 4 nitrogen and oxygen atoms in total. The molecule has 1 aliphatic heterocycles. The van der Waals surface area contributed by atoms with Crippen LogP contribution in [0.3, 0.4) is 0 Å². The number of amides is 1. The second kappa shape index (κ2) is 9.71. The van der Waals surface area contributed by atoms with E-state index < -0.39 is 29.2 Å². The summed E-state index contributed by atoms with van der Waals surface area (Å²) in [5.74, 6) is -2.32. The van der Waals surface area contributed by atoms with Gasteiger partial charge in [0, 0.05) is 29.7 Å². The van der Waals surface area contributed by atoms with Gasteiger partial charge in [-0.15, -0.1) is 0 Å². The number of rotatable bonds is 9. The third-order valence-electron chi connectivity index (χ3n) is 6.19. The predicted molar refractivity (Wildman–Crippen MR) is 115 cm³/mol. The maximum Gasteiger partial charge on any atom is 0.391 e. The second-order valence-electron chi connectivity index (χ2n) is 8.19. The highest BCUT2D eigenvalue weighted by molar-refractivity contribution is 5.83. The molecule has 2 aromatic carbocycles. The fraction of sp³-hybridized carbons (Fsp3) is 0.417. The van der Waals surface area contributed by atoms with Gasteiger partial charge in [0.15, 0.2) is 0 Å². The minimum absolute atomic E-state index is 0.128. The molecule has 3 unspecified atom stereocenters. The van der Waals surface area contributed by atoms with Crippen LogP contribution in [-0.2, 0) is 10.2 Å². The van der Waals surface area contributed by atoms with Crippen molar-refractivity contribution in [3.05, 3.63) is 59.4 Å². The average molecular weight is 450 g/mol. The third-order valence-corrected chi connectivity index (χ3v) is 6.19. The molecule has 0 saturated carbocycles. The van der Waals surface area contributed by atoms with Crippen molar-refractivity contribution in [2.45, 2.75) is 43.7 Å². The fourth-order valence-corrected chi connectivity index (χ4v) is 4.46. The molecule has 0 saturated heterocycles. The summed E-state index contributed by atoms with van der Waals surface area (Å²) >= 11 is 0. The lowest BCUT2D eigenvalue weighted by Crippen LogP contribution is -2.38. The molecule has 1 N–H and O–H groups in total. The maximum atomic E-state index is 14.2. The van der Waals surface area contributed by atoms with E-state index in [1.54, 1.807) is 37.4 Å². The fourth-order valence-electron chi connectivity index (χ4n) is 4.46. The Hall–Kier alpha value is -2.90. The molecule has 32 heavy (non-hydrogen) atoms. The van der Waals surface area contributed by atoms with Crippen LogP contribution in [0.1, 0.15) is 43.2 Å². The molecule has 0 bridgehead atoms. The van der Waals surface area contributed by atoms with Crippen LogP contribution in [0.2, 0.25) is 0 Å². The number of carbonyl (C=O) groups is 1. The zero-order chi connectivity index (χ0) is 23.4. The van der Waals surface area contributed by atoms with Gasteiger partial charge in [0.2, 0.25) is 6.41 Å². The molecular formula is C24H26F4N2O2. The first kappa shape index (κ1) is 23.8. The predicted octanol–water partition coefficient (Wildman–Crippen LogP) is 5.69. The number of carbonyl (C=O) groups excluding carboxylic acids is 1. The summed E-state index contributed by atoms with van der Waals surface area (Å²) in [5.41, 5.74) is 0.719. The van der Waals surface area contributed by atoms with Crippen molar-refractivity contribution in [3.63, 3.8) is 0 Å². The van der Waals surface area contributed by atoms with Crippen molar-refractivity contribution in [2.24, 2.45) is 10.9 Å². The molecule has 0 aromatic heterocycles. The molecule has 3 atom stereocenters. The Kier molecular flexibility index (Phi) is 7.21. The summed E-state index contributed by atoms with van der Waals surface area (Å²) in [5, 5.41) is 2.41. The van der Waals surface area contributed by atoms with Gasteiger partial charge < -0.3 is 10.1 Å². The van der Waals surface area contributed by atoms with Crippen LogP contribution >= 0.6 is 0 Å². The van der Waals surface area contributed by atoms with Gasteiger partial charge in [0.25, 0.3) is 0 Å². The van der Waals surface area contributed by atoms with Crippen LogP contribution in [0.4, 0.5) is 23.2 Å². The van der Waals surface area contributed by atoms with E-state index in [9.17, 15) is 22.4 Å². The smallest absolute Gasteiger partial charge is 0.391 e. The van der Waals surface area contributed by atoms with E-state index in [-0.39, 0.29) is 25.8 Å². The van der Waals surface area contributed by atoms with Crippen molar-refractivity contribution in [3.8, 4) is 5.75 Å². The second-order valence-corrected chi connectivity index (χ2v) is 8.19. The van der Waals surface area contributed by atoms with Crippen molar-refractivity contribution < 1.29 is 27.1 Å². The lowest BCUT2D eigenvalue weighted by atomic mass is 9.64. The van der Waals surface area contributed by atoms with Gasteiger partial charge >= 0.3 is 6.18 Å². The number of aliphatic imine (C=N–C) groups is 1. The first-order valence-corrected chi connectivity index (χ1v) is 10.4. The van der Waals surface area contributed by atoms with E-state index in [0.29, 0.717) is 29.0 Å². The summed E-state index contributed by atoms with van der Waals surface area (Å²) in [4.78, 5) is 14.9. The van der Waals surface area contributed by atoms with Crippen molar-refractivity contribution >= 4 is 18.3 Å². The standard InChI is InChI=1S/C24H26F4N2O2/c1-23(20-13-17(25)9-10-22(20)32-2)14-30-21-8-4-3-7-18(21)19(23)12-16(24(26,27)28)6-5-11-29-15-31/h3-4,7-10,13-16,19H,5-6,11-12H2,1-2H3,(H,29,31). The highest BCUT2D eigenvalue weighted by atomic mass is 19.4. The number of nitrogens with one attached hydrogen (secondary N) is 1. The lowest BCUT2D eigenvalue weighted by molar-refractivity contribution is -0.180. The lowest BCUT2D eigenvalue weighted by Gasteiger charge is -2.41. The van der Waals surface area contributed by atoms with Crippen molar-refractivity contribution in [2.75, 3.05) is 13.7 Å². The molecule has 0 radical (unpaired) electrons. The van der Waals surface area contributed by atoms with Gasteiger partial charge in [0.05, 0.1) is 18.7 Å². The Labute approximate surface area is 184 Å². The average Bonchev–Trinajstić information content (AvgIpc) is 2.76. The third kappa shape index (κ3) is 4.95. The van der Waals surface area contributed by atoms with E-state index in [1.165, 1.54) is 25.3 Å². The molecule has 0 fully saturated rings. The molecular weight excluding hydrogens is 424 g/mol. The van der Waals surface area contributed by atoms with Gasteiger partial charge in [-0.2, -0.15) is 13.2 Å². The first-order valence-electron chi connectivity index (χ1n) is 10.4. The molecule has 0 spiro atoms. The van der Waals surface area contributed by atoms with Crippen LogP contribution in [0.25, 0.3) is 0 Å². The Morgan fingerprint density at radius 3 is 2.69 bits per heavy atom. The van der Waals surface area contributed by atoms with Gasteiger partial charge in [-0.3, -0.25) is 9.79 Å². The monoisotopic (exact) mass is 450 g/mol. The maximum absolute atomic E-state index is 14.2. The number of benzene rings is 2. The quantitative estimate of drug-likeness (QED) is 0.303. The minimum Gasteiger partial charge on any atom is -0.496 e. The van der Waals surface area contributed by atoms with Crippen LogP contribution < -0.4 is 10.1 Å². The van der Waals surface area contributed by atoms with Gasteiger partial charge in [-0.1, -0.05) is 18.2 Å². The molecule has 1 amide bonds. The minimum atomic E-state index is -4.42. The zero-order valence-corrected chi connectivity index (χ0v) is 18.0. The first-order chi connectivity index (χ1) is 15.2. The topological polar surface area (TPSA) is 50.7 Å². The number of nitrogens with zero attached hydrogens (tertiary/aromatic N) is 1. The molecule has 3 rings (SSSR count). The van der Waals surface area contributed by atoms with Gasteiger partial charge in [0.1, 0.15) is 11.6 Å². The molecule has 1 heterocycles. The van der Waals surface area contributed by atoms with Crippen molar-refractivity contribution in [1.29, 1.82) is 0 Å². The van der Waals surface area contributed by atoms with E-state index >= 15 is 0 Å². The Bertz CT molecular complexity index is 977. The van der Waals surface area contributed by atoms with Crippen LogP contribution in [0, 0.1) is 11.7 Å². The Balaban J connectivity index is 2.06. The number of ether oxygens (including phenoxy) is 1. The summed E-state index contributed by atoms with van der Waals surface area (Å²) in [6.45, 7) is 1.95. The number of methoxy groups -OCH3 is 1. The van der Waals surface area contributed by atoms with Gasteiger partial charge in [-0.25, -0.2) is 4.39 Å². The summed E-state index contributed by atoms with van der Waals surface area (Å²) in [7, 11) is 1.45. The zero-order valence-electron chi connectivity index (χ0n) is 18.0. The number of halogens is 4. The van der Waals surface area contributed by atoms with Crippen LogP contribution in [-0.4, -0.2) is 32.5 Å². The molecule has 172 valence electrons. The van der Waals surface area contributed by atoms with Gasteiger partial charge in [-0.05, 0) is 56.0 Å². The van der Waals surface area contributed by atoms with Crippen LogP contribution in [0.15, 0.2) is 47.5 Å². The van der Waals surface area contributed by atoms with Crippen molar-refractivity contribution in [1.82, 2.24) is 5.32 Å². The number of fused-ring (bicyclic) bond motifs is 1. The van der Waals surface area contributed by atoms with E-state index in [2.05, 4.69) is 10.3 Å². The number of hydrogen-bond donors (Lipinski definition) is 1. The van der Waals surface area contributed by atoms with E-state index in [0.717, 1.165) is 0 Å². The molecule has 0 aliphatic carbocycles. The summed E-state index contributed by atoms with van der Waals surface area (Å²) in [6, 6.07) is 11.1. The van der Waals surface area contributed by atoms with E-state index in [1.807, 2.05) is 0 Å². The number of para-hydroxylation sites is 1. The molecule has 2 aromatic rings.